The van der Waals surface area contributed by atoms with Gasteiger partial charge < -0.3 is 9.47 Å². The Balaban J connectivity index is 1.60. The SMILES string of the molecule is Cc1ccc(S(=O)(=O)N2CCCCCN(S(=O)(=O)c3ccc(C)cc3)Cc3c(C)nc(c4c3COC(C)(C)O4)C2)cc1. The molecule has 0 saturated carbocycles. The van der Waals surface area contributed by atoms with Gasteiger partial charge in [-0.1, -0.05) is 41.8 Å². The van der Waals surface area contributed by atoms with Crippen molar-refractivity contribution in [3.8, 4) is 5.75 Å². The van der Waals surface area contributed by atoms with Crippen molar-refractivity contribution in [2.75, 3.05) is 13.1 Å². The number of rotatable bonds is 4. The van der Waals surface area contributed by atoms with Crippen molar-refractivity contribution in [3.05, 3.63) is 82.2 Å². The minimum Gasteiger partial charge on any atom is -0.461 e. The van der Waals surface area contributed by atoms with Gasteiger partial charge in [0.05, 0.1) is 28.6 Å². The molecule has 0 aliphatic carbocycles. The van der Waals surface area contributed by atoms with E-state index in [1.807, 2.05) is 20.8 Å². The van der Waals surface area contributed by atoms with Crippen LogP contribution >= 0.6 is 0 Å². The first-order chi connectivity index (χ1) is 19.8. The van der Waals surface area contributed by atoms with Crippen LogP contribution < -0.4 is 4.74 Å². The number of aryl methyl sites for hydroxylation is 3. The van der Waals surface area contributed by atoms with Gasteiger partial charge in [0.1, 0.15) is 0 Å². The number of hydrogen-bond donors (Lipinski definition) is 0. The van der Waals surface area contributed by atoms with Gasteiger partial charge in [-0.05, 0) is 63.4 Å². The second kappa shape index (κ2) is 11.7. The molecule has 2 aliphatic rings. The van der Waals surface area contributed by atoms with Gasteiger partial charge in [0.2, 0.25) is 25.8 Å². The average Bonchev–Trinajstić information content (AvgIpc) is 2.95. The number of hydrogen-bond acceptors (Lipinski definition) is 7. The monoisotopic (exact) mass is 613 g/mol. The summed E-state index contributed by atoms with van der Waals surface area (Å²) in [6.45, 7) is 10.1. The Morgan fingerprint density at radius 1 is 0.714 bits per heavy atom. The van der Waals surface area contributed by atoms with Gasteiger partial charge in [0, 0.05) is 44.7 Å². The van der Waals surface area contributed by atoms with E-state index in [9.17, 15) is 16.8 Å². The highest BCUT2D eigenvalue weighted by atomic mass is 32.2. The summed E-state index contributed by atoms with van der Waals surface area (Å²) in [5.41, 5.74) is 4.48. The zero-order chi connectivity index (χ0) is 30.3. The summed E-state index contributed by atoms with van der Waals surface area (Å²) in [6.07, 6.45) is 1.80. The number of benzene rings is 2. The lowest BCUT2D eigenvalue weighted by atomic mass is 10.0. The first-order valence-electron chi connectivity index (χ1n) is 14.3. The molecule has 226 valence electrons. The van der Waals surface area contributed by atoms with Gasteiger partial charge >= 0.3 is 0 Å². The summed E-state index contributed by atoms with van der Waals surface area (Å²) in [5.74, 6) is -0.499. The van der Waals surface area contributed by atoms with E-state index in [0.717, 1.165) is 11.1 Å². The molecular formula is C31H39N3O6S2. The Bertz CT molecular complexity index is 1670. The summed E-state index contributed by atoms with van der Waals surface area (Å²) < 4.78 is 70.8. The van der Waals surface area contributed by atoms with E-state index in [1.165, 1.54) is 8.61 Å². The molecule has 3 heterocycles. The fourth-order valence-electron chi connectivity index (χ4n) is 5.35. The van der Waals surface area contributed by atoms with Crippen LogP contribution in [0.4, 0.5) is 0 Å². The van der Waals surface area contributed by atoms with Gasteiger partial charge in [-0.25, -0.2) is 16.8 Å². The second-order valence-electron chi connectivity index (χ2n) is 11.6. The number of ether oxygens (including phenoxy) is 2. The van der Waals surface area contributed by atoms with Crippen LogP contribution in [0, 0.1) is 20.8 Å². The predicted octanol–water partition coefficient (Wildman–Crippen LogP) is 5.22. The van der Waals surface area contributed by atoms with Crippen molar-refractivity contribution in [1.82, 2.24) is 13.6 Å². The van der Waals surface area contributed by atoms with Crippen LogP contribution in [0.5, 0.6) is 5.75 Å². The minimum absolute atomic E-state index is 0.0289. The highest BCUT2D eigenvalue weighted by Gasteiger charge is 2.36. The molecule has 2 aromatic carbocycles. The Morgan fingerprint density at radius 2 is 1.21 bits per heavy atom. The molecule has 0 fully saturated rings. The van der Waals surface area contributed by atoms with E-state index in [1.54, 1.807) is 62.4 Å². The third-order valence-electron chi connectivity index (χ3n) is 7.84. The lowest BCUT2D eigenvalue weighted by molar-refractivity contribution is -0.181. The fourth-order valence-corrected chi connectivity index (χ4v) is 8.23. The van der Waals surface area contributed by atoms with Gasteiger partial charge in [0.25, 0.3) is 0 Å². The van der Waals surface area contributed by atoms with E-state index < -0.39 is 25.8 Å². The minimum atomic E-state index is -3.84. The number of sulfonamides is 2. The van der Waals surface area contributed by atoms with E-state index in [2.05, 4.69) is 0 Å². The lowest BCUT2D eigenvalue weighted by Crippen LogP contribution is -2.39. The molecule has 0 atom stereocenters. The molecule has 3 aromatic rings. The number of nitrogens with zero attached hydrogens (tertiary/aromatic N) is 3. The lowest BCUT2D eigenvalue weighted by Gasteiger charge is -2.36. The Kier molecular flexibility index (Phi) is 8.52. The maximum atomic E-state index is 13.9. The molecule has 0 spiro atoms. The zero-order valence-electron chi connectivity index (χ0n) is 24.9. The molecule has 0 radical (unpaired) electrons. The molecule has 5 rings (SSSR count). The van der Waals surface area contributed by atoms with Crippen LogP contribution in [0.1, 0.15) is 66.8 Å². The van der Waals surface area contributed by atoms with E-state index in [0.29, 0.717) is 47.5 Å². The fraction of sp³-hybridized carbons (Fsp3) is 0.452. The molecule has 42 heavy (non-hydrogen) atoms. The van der Waals surface area contributed by atoms with Crippen molar-refractivity contribution in [1.29, 1.82) is 0 Å². The van der Waals surface area contributed by atoms with Crippen LogP contribution in [0.15, 0.2) is 58.3 Å². The Morgan fingerprint density at radius 3 is 1.74 bits per heavy atom. The molecule has 0 amide bonds. The average molecular weight is 614 g/mol. The van der Waals surface area contributed by atoms with Crippen LogP contribution in [0.2, 0.25) is 0 Å². The number of fused-ring (bicyclic) bond motifs is 6. The van der Waals surface area contributed by atoms with Crippen LogP contribution in [-0.2, 0) is 44.5 Å². The molecule has 0 saturated heterocycles. The molecule has 11 heteroatoms. The number of aromatic nitrogens is 1. The van der Waals surface area contributed by atoms with Gasteiger partial charge in [0.15, 0.2) is 5.75 Å². The number of pyridine rings is 1. The third-order valence-corrected chi connectivity index (χ3v) is 11.6. The summed E-state index contributed by atoms with van der Waals surface area (Å²) in [6, 6.07) is 13.7. The summed E-state index contributed by atoms with van der Waals surface area (Å²) in [7, 11) is -7.66. The quantitative estimate of drug-likeness (QED) is 0.397. The second-order valence-corrected chi connectivity index (χ2v) is 15.5. The Labute approximate surface area is 249 Å². The molecular weight excluding hydrogens is 574 g/mol. The van der Waals surface area contributed by atoms with E-state index >= 15 is 0 Å². The van der Waals surface area contributed by atoms with Crippen molar-refractivity contribution in [2.45, 2.75) is 89.2 Å². The largest absolute Gasteiger partial charge is 0.461 e. The van der Waals surface area contributed by atoms with Gasteiger partial charge in [-0.3, -0.25) is 4.98 Å². The molecule has 2 aliphatic heterocycles. The summed E-state index contributed by atoms with van der Waals surface area (Å²) in [5, 5.41) is 0. The van der Waals surface area contributed by atoms with Crippen molar-refractivity contribution in [3.63, 3.8) is 0 Å². The maximum Gasteiger partial charge on any atom is 0.243 e. The first kappa shape index (κ1) is 30.6. The normalized spacial score (nSPS) is 18.8. The highest BCUT2D eigenvalue weighted by molar-refractivity contribution is 7.89. The Hall–Kier alpha value is -2.83. The van der Waals surface area contributed by atoms with Gasteiger partial charge in [-0.2, -0.15) is 8.61 Å². The summed E-state index contributed by atoms with van der Waals surface area (Å²) in [4.78, 5) is 5.32. The van der Waals surface area contributed by atoms with Crippen molar-refractivity contribution >= 4 is 20.0 Å². The smallest absolute Gasteiger partial charge is 0.243 e. The van der Waals surface area contributed by atoms with Crippen LogP contribution in [0.25, 0.3) is 0 Å². The molecule has 2 bridgehead atoms. The predicted molar refractivity (Wildman–Crippen MR) is 160 cm³/mol. The molecule has 1 aromatic heterocycles. The first-order valence-corrected chi connectivity index (χ1v) is 17.1. The summed E-state index contributed by atoms with van der Waals surface area (Å²) >= 11 is 0. The van der Waals surface area contributed by atoms with E-state index in [4.69, 9.17) is 14.5 Å². The van der Waals surface area contributed by atoms with Crippen molar-refractivity contribution < 1.29 is 26.3 Å². The highest BCUT2D eigenvalue weighted by Crippen LogP contribution is 2.39. The standard InChI is InChI=1S/C31H39N3O6S2/c1-22-9-13-25(14-10-22)41(35,36)33-17-7-6-8-18-34(42(37,38)26-15-11-23(2)12-16-26)20-29-30-28(21-39-31(4,5)40-30)27(19-33)24(3)32-29/h9-16H,6-8,17-21H2,1-5H3. The zero-order valence-corrected chi connectivity index (χ0v) is 26.5. The topological polar surface area (TPSA) is 106 Å². The van der Waals surface area contributed by atoms with Gasteiger partial charge in [-0.15, -0.1) is 0 Å². The molecule has 0 N–H and O–H groups in total. The maximum absolute atomic E-state index is 13.9. The van der Waals surface area contributed by atoms with Crippen LogP contribution in [-0.4, -0.2) is 49.3 Å². The molecule has 9 nitrogen and oxygen atoms in total. The third kappa shape index (κ3) is 6.26. The van der Waals surface area contributed by atoms with Crippen molar-refractivity contribution in [2.24, 2.45) is 0 Å². The molecule has 0 unspecified atom stereocenters. The van der Waals surface area contributed by atoms with Crippen LogP contribution in [0.3, 0.4) is 0 Å². The van der Waals surface area contributed by atoms with E-state index in [-0.39, 0.29) is 42.6 Å².